The fourth-order valence-corrected chi connectivity index (χ4v) is 4.67. The van der Waals surface area contributed by atoms with E-state index in [4.69, 9.17) is 44.3 Å². The summed E-state index contributed by atoms with van der Waals surface area (Å²) in [7, 11) is -3.28. The molecule has 33 heavy (non-hydrogen) atoms. The van der Waals surface area contributed by atoms with Gasteiger partial charge in [0.25, 0.3) is 0 Å². The van der Waals surface area contributed by atoms with Crippen LogP contribution in [0.3, 0.4) is 0 Å². The lowest BCUT2D eigenvalue weighted by molar-refractivity contribution is 0.125. The highest BCUT2D eigenvalue weighted by atomic mass is 35.5. The minimum Gasteiger partial charge on any atom is -0.491 e. The van der Waals surface area contributed by atoms with Crippen LogP contribution >= 0.6 is 34.8 Å². The third-order valence-corrected chi connectivity index (χ3v) is 7.91. The molecular weight excluding hydrogens is 511 g/mol. The van der Waals surface area contributed by atoms with Gasteiger partial charge in [-0.25, -0.2) is 8.42 Å². The molecule has 184 valence electrons. The zero-order valence-corrected chi connectivity index (χ0v) is 21.8. The lowest BCUT2D eigenvalue weighted by Crippen LogP contribution is -2.28. The van der Waals surface area contributed by atoms with Crippen molar-refractivity contribution in [2.45, 2.75) is 38.4 Å². The third kappa shape index (κ3) is 7.91. The predicted octanol–water partition coefficient (Wildman–Crippen LogP) is 4.47. The zero-order valence-electron chi connectivity index (χ0n) is 18.7. The smallest absolute Gasteiger partial charge is 0.156 e. The third-order valence-electron chi connectivity index (χ3n) is 5.22. The summed E-state index contributed by atoms with van der Waals surface area (Å²) in [6, 6.07) is 10.8. The van der Waals surface area contributed by atoms with Gasteiger partial charge >= 0.3 is 0 Å². The summed E-state index contributed by atoms with van der Waals surface area (Å²) in [5.41, 5.74) is 1.35. The van der Waals surface area contributed by atoms with Crippen molar-refractivity contribution in [1.82, 2.24) is 0 Å². The summed E-state index contributed by atoms with van der Waals surface area (Å²) >= 11 is 18.4. The van der Waals surface area contributed by atoms with Gasteiger partial charge in [0, 0.05) is 11.2 Å². The molecule has 0 aliphatic rings. The van der Waals surface area contributed by atoms with Crippen LogP contribution in [-0.4, -0.2) is 61.4 Å². The van der Waals surface area contributed by atoms with Crippen LogP contribution in [0.4, 0.5) is 0 Å². The minimum absolute atomic E-state index is 0.0216. The quantitative estimate of drug-likeness (QED) is 0.387. The summed E-state index contributed by atoms with van der Waals surface area (Å²) in [5, 5.41) is 20.1. The number of rotatable bonds is 12. The van der Waals surface area contributed by atoms with E-state index in [1.807, 2.05) is 26.0 Å². The minimum atomic E-state index is -3.28. The first-order valence-corrected chi connectivity index (χ1v) is 13.5. The van der Waals surface area contributed by atoms with E-state index in [-0.39, 0.29) is 36.3 Å². The molecule has 0 aliphatic carbocycles. The van der Waals surface area contributed by atoms with E-state index < -0.39 is 27.5 Å². The van der Waals surface area contributed by atoms with Crippen molar-refractivity contribution in [3.63, 3.8) is 0 Å². The molecule has 0 radical (unpaired) electrons. The second-order valence-electron chi connectivity index (χ2n) is 8.20. The monoisotopic (exact) mass is 538 g/mol. The van der Waals surface area contributed by atoms with Crippen molar-refractivity contribution in [3.05, 3.63) is 57.6 Å². The molecule has 0 heterocycles. The van der Waals surface area contributed by atoms with Crippen LogP contribution in [0.2, 0.25) is 10.0 Å². The van der Waals surface area contributed by atoms with Crippen molar-refractivity contribution in [2.24, 2.45) is 0 Å². The highest BCUT2D eigenvalue weighted by molar-refractivity contribution is 7.91. The molecule has 0 bridgehead atoms. The average Bonchev–Trinajstić information content (AvgIpc) is 2.76. The number of aliphatic hydroxyl groups is 2. The molecular formula is C23H29Cl3O6S. The van der Waals surface area contributed by atoms with E-state index in [2.05, 4.69) is 0 Å². The van der Waals surface area contributed by atoms with Crippen molar-refractivity contribution in [1.29, 1.82) is 0 Å². The van der Waals surface area contributed by atoms with Crippen LogP contribution in [0.15, 0.2) is 36.4 Å². The second-order valence-corrected chi connectivity index (χ2v) is 11.7. The summed E-state index contributed by atoms with van der Waals surface area (Å²) in [5.74, 6) is 0.483. The maximum Gasteiger partial charge on any atom is 0.156 e. The average molecular weight is 540 g/mol. The molecule has 0 amide bonds. The molecule has 0 saturated heterocycles. The molecule has 10 heteroatoms. The van der Waals surface area contributed by atoms with Crippen LogP contribution in [0.25, 0.3) is 0 Å². The van der Waals surface area contributed by atoms with Crippen LogP contribution < -0.4 is 9.47 Å². The van der Waals surface area contributed by atoms with Crippen LogP contribution in [0.5, 0.6) is 11.5 Å². The van der Waals surface area contributed by atoms with E-state index in [9.17, 15) is 18.6 Å². The van der Waals surface area contributed by atoms with Crippen molar-refractivity contribution in [3.8, 4) is 11.5 Å². The predicted molar refractivity (Wildman–Crippen MR) is 133 cm³/mol. The maximum absolute atomic E-state index is 11.6. The Hall–Kier alpha value is -1.22. The molecule has 6 nitrogen and oxygen atoms in total. The Morgan fingerprint density at radius 3 is 2.00 bits per heavy atom. The van der Waals surface area contributed by atoms with Gasteiger partial charge in [-0.2, -0.15) is 0 Å². The molecule has 2 rings (SSSR count). The van der Waals surface area contributed by atoms with E-state index >= 15 is 0 Å². The number of hydrogen-bond donors (Lipinski definition) is 2. The molecule has 2 atom stereocenters. The van der Waals surface area contributed by atoms with Gasteiger partial charge in [-0.15, -0.1) is 11.6 Å². The molecule has 0 fully saturated rings. The number of benzene rings is 2. The normalized spacial score (nSPS) is 14.1. The SMILES string of the molecule is CCS(=O)(=O)C[C@H](O)COc1ccc(C(C)(C)c2cc(Cl)c(OC[C@@H](O)CCl)c(Cl)c2)cc1. The van der Waals surface area contributed by atoms with Crippen molar-refractivity contribution >= 4 is 44.6 Å². The number of alkyl halides is 1. The summed E-state index contributed by atoms with van der Waals surface area (Å²) < 4.78 is 34.3. The van der Waals surface area contributed by atoms with E-state index in [0.717, 1.165) is 11.1 Å². The van der Waals surface area contributed by atoms with Gasteiger partial charge in [-0.1, -0.05) is 56.1 Å². The van der Waals surface area contributed by atoms with Gasteiger partial charge in [0.2, 0.25) is 0 Å². The molecule has 2 N–H and O–H groups in total. The molecule has 0 unspecified atom stereocenters. The lowest BCUT2D eigenvalue weighted by atomic mass is 9.78. The first-order valence-electron chi connectivity index (χ1n) is 10.4. The van der Waals surface area contributed by atoms with Crippen LogP contribution in [0.1, 0.15) is 31.9 Å². The topological polar surface area (TPSA) is 93.1 Å². The molecule has 0 spiro atoms. The van der Waals surface area contributed by atoms with Gasteiger partial charge in [0.05, 0.1) is 21.7 Å². The van der Waals surface area contributed by atoms with Crippen molar-refractivity contribution < 1.29 is 28.1 Å². The van der Waals surface area contributed by atoms with Crippen LogP contribution in [-0.2, 0) is 15.3 Å². The van der Waals surface area contributed by atoms with Crippen LogP contribution in [0, 0.1) is 0 Å². The Bertz CT molecular complexity index is 1000. The van der Waals surface area contributed by atoms with E-state index in [0.29, 0.717) is 15.8 Å². The van der Waals surface area contributed by atoms with E-state index in [1.54, 1.807) is 24.3 Å². The molecule has 2 aromatic rings. The van der Waals surface area contributed by atoms with E-state index in [1.165, 1.54) is 6.92 Å². The number of halogens is 3. The zero-order chi connectivity index (χ0) is 24.8. The number of ether oxygens (including phenoxy) is 2. The lowest BCUT2D eigenvalue weighted by Gasteiger charge is -2.27. The Morgan fingerprint density at radius 2 is 1.48 bits per heavy atom. The maximum atomic E-state index is 11.6. The number of hydrogen-bond acceptors (Lipinski definition) is 6. The standard InChI is InChI=1S/C23H29Cl3O6S/c1-4-33(29,30)14-18(28)13-31-19-7-5-15(6-8-19)23(2,3)16-9-20(25)22(21(26)10-16)32-12-17(27)11-24/h5-10,17-18,27-28H,4,11-14H2,1-3H3/t17-,18+/m0/s1. The van der Waals surface area contributed by atoms with Gasteiger partial charge in [0.15, 0.2) is 15.6 Å². The first-order chi connectivity index (χ1) is 15.4. The Morgan fingerprint density at radius 1 is 0.939 bits per heavy atom. The molecule has 0 aromatic heterocycles. The highest BCUT2D eigenvalue weighted by Crippen LogP contribution is 2.40. The second kappa shape index (κ2) is 12.0. The van der Waals surface area contributed by atoms with Gasteiger partial charge in [-0.3, -0.25) is 0 Å². The van der Waals surface area contributed by atoms with Crippen molar-refractivity contribution in [2.75, 3.05) is 30.6 Å². The first kappa shape index (κ1) is 28.0. The Kier molecular flexibility index (Phi) is 10.2. The molecule has 0 aliphatic heterocycles. The summed E-state index contributed by atoms with van der Waals surface area (Å²) in [6.07, 6.45) is -1.92. The largest absolute Gasteiger partial charge is 0.491 e. The molecule has 0 saturated carbocycles. The van der Waals surface area contributed by atoms with Gasteiger partial charge in [0.1, 0.15) is 31.2 Å². The fourth-order valence-electron chi connectivity index (χ4n) is 3.07. The Labute approximate surface area is 210 Å². The number of sulfone groups is 1. The molecule has 2 aromatic carbocycles. The van der Waals surface area contributed by atoms with Gasteiger partial charge < -0.3 is 19.7 Å². The van der Waals surface area contributed by atoms with Gasteiger partial charge in [-0.05, 0) is 35.4 Å². The number of aliphatic hydroxyl groups excluding tert-OH is 2. The fraction of sp³-hybridized carbons (Fsp3) is 0.478. The summed E-state index contributed by atoms with van der Waals surface area (Å²) in [6.45, 7) is 5.43. The Balaban J connectivity index is 2.12. The summed E-state index contributed by atoms with van der Waals surface area (Å²) in [4.78, 5) is 0. The highest BCUT2D eigenvalue weighted by Gasteiger charge is 2.26.